The number of ether oxygens (including phenoxy) is 2. The number of anilines is 1. The summed E-state index contributed by atoms with van der Waals surface area (Å²) in [5.74, 6) is 1.11. The minimum absolute atomic E-state index is 0.273. The molecular formula is C19H18N6O3S. The molecule has 1 aromatic carbocycles. The lowest BCUT2D eigenvalue weighted by atomic mass is 10.1. The molecule has 0 aliphatic carbocycles. The normalized spacial score (nSPS) is 11.0. The van der Waals surface area contributed by atoms with Crippen LogP contribution in [0.3, 0.4) is 0 Å². The molecule has 9 nitrogen and oxygen atoms in total. The van der Waals surface area contributed by atoms with Crippen molar-refractivity contribution >= 4 is 33.2 Å². The van der Waals surface area contributed by atoms with E-state index in [-0.39, 0.29) is 6.61 Å². The zero-order valence-electron chi connectivity index (χ0n) is 15.8. The van der Waals surface area contributed by atoms with Crippen LogP contribution < -0.4 is 10.5 Å². The predicted octanol–water partition coefficient (Wildman–Crippen LogP) is 2.82. The van der Waals surface area contributed by atoms with Gasteiger partial charge < -0.3 is 15.2 Å². The Bertz CT molecular complexity index is 1190. The molecule has 4 aromatic rings. The van der Waals surface area contributed by atoms with Crippen molar-refractivity contribution in [3.05, 3.63) is 47.0 Å². The van der Waals surface area contributed by atoms with Gasteiger partial charge in [-0.3, -0.25) is 0 Å². The third-order valence-electron chi connectivity index (χ3n) is 4.19. The average molecular weight is 410 g/mol. The zero-order chi connectivity index (χ0) is 20.4. The van der Waals surface area contributed by atoms with E-state index in [0.717, 1.165) is 15.8 Å². The number of rotatable bonds is 6. The number of nitrogens with two attached hydrogens (primary N) is 1. The van der Waals surface area contributed by atoms with Gasteiger partial charge in [-0.2, -0.15) is 4.80 Å². The molecule has 10 heteroatoms. The summed E-state index contributed by atoms with van der Waals surface area (Å²) in [4.78, 5) is 17.7. The highest BCUT2D eigenvalue weighted by Crippen LogP contribution is 2.33. The third-order valence-corrected chi connectivity index (χ3v) is 5.25. The van der Waals surface area contributed by atoms with Crippen molar-refractivity contribution in [1.29, 1.82) is 0 Å². The number of esters is 1. The number of hydrogen-bond acceptors (Lipinski definition) is 9. The maximum absolute atomic E-state index is 12.2. The van der Waals surface area contributed by atoms with Crippen molar-refractivity contribution in [3.8, 4) is 17.1 Å². The maximum atomic E-state index is 12.2. The van der Waals surface area contributed by atoms with Crippen LogP contribution >= 0.6 is 11.3 Å². The van der Waals surface area contributed by atoms with Crippen LogP contribution in [0.25, 0.3) is 21.5 Å². The van der Waals surface area contributed by atoms with Crippen LogP contribution in [0.5, 0.6) is 5.75 Å². The lowest BCUT2D eigenvalue weighted by Gasteiger charge is -2.08. The Hall–Kier alpha value is -3.53. The monoisotopic (exact) mass is 410 g/mol. The second-order valence-electron chi connectivity index (χ2n) is 6.16. The highest BCUT2D eigenvalue weighted by Gasteiger charge is 2.18. The molecule has 0 radical (unpaired) electrons. The third kappa shape index (κ3) is 3.74. The number of benzene rings is 1. The van der Waals surface area contributed by atoms with E-state index >= 15 is 0 Å². The molecule has 0 saturated heterocycles. The second-order valence-corrected chi connectivity index (χ2v) is 7.04. The summed E-state index contributed by atoms with van der Waals surface area (Å²) in [5, 5.41) is 14.7. The molecule has 0 aliphatic heterocycles. The minimum Gasteiger partial charge on any atom is -0.489 e. The molecular weight excluding hydrogens is 392 g/mol. The van der Waals surface area contributed by atoms with Gasteiger partial charge in [0.25, 0.3) is 0 Å². The van der Waals surface area contributed by atoms with E-state index in [1.165, 1.54) is 22.3 Å². The van der Waals surface area contributed by atoms with Crippen LogP contribution in [0.15, 0.2) is 35.8 Å². The first-order valence-corrected chi connectivity index (χ1v) is 9.73. The standard InChI is InChI=1S/C19H18N6O3S/c1-3-27-19(26)14-8-21-17(20)15-12(10-29-16(14)15)9-28-13-6-4-5-11(7-13)18-22-24-25(2)23-18/h4-8,10H,3,9H2,1-2H3,(H2,20,21). The topological polar surface area (TPSA) is 118 Å². The highest BCUT2D eigenvalue weighted by atomic mass is 32.1. The number of aryl methyl sites for hydroxylation is 1. The largest absolute Gasteiger partial charge is 0.489 e. The summed E-state index contributed by atoms with van der Waals surface area (Å²) in [7, 11) is 1.71. The molecule has 0 aliphatic rings. The van der Waals surface area contributed by atoms with Crippen LogP contribution in [0.1, 0.15) is 22.8 Å². The summed E-state index contributed by atoms with van der Waals surface area (Å²) in [5.41, 5.74) is 8.14. The SMILES string of the molecule is CCOC(=O)c1cnc(N)c2c(COc3cccc(-c4nnn(C)n4)c3)csc12. The Morgan fingerprint density at radius 3 is 2.97 bits per heavy atom. The van der Waals surface area contributed by atoms with Gasteiger partial charge in [-0.15, -0.1) is 21.5 Å². The lowest BCUT2D eigenvalue weighted by molar-refractivity contribution is 0.0528. The summed E-state index contributed by atoms with van der Waals surface area (Å²) >= 11 is 1.41. The van der Waals surface area contributed by atoms with E-state index in [1.807, 2.05) is 29.6 Å². The molecule has 0 amide bonds. The summed E-state index contributed by atoms with van der Waals surface area (Å²) in [6, 6.07) is 7.44. The first-order valence-electron chi connectivity index (χ1n) is 8.85. The molecule has 0 bridgehead atoms. The fraction of sp³-hybridized carbons (Fsp3) is 0.211. The summed E-state index contributed by atoms with van der Waals surface area (Å²) in [6.45, 7) is 2.33. The number of nitrogens with zero attached hydrogens (tertiary/aromatic N) is 5. The Morgan fingerprint density at radius 1 is 1.34 bits per heavy atom. The molecule has 3 aromatic heterocycles. The molecule has 0 atom stereocenters. The van der Waals surface area contributed by atoms with Crippen molar-refractivity contribution in [2.24, 2.45) is 7.05 Å². The van der Waals surface area contributed by atoms with E-state index in [0.29, 0.717) is 34.9 Å². The van der Waals surface area contributed by atoms with E-state index < -0.39 is 5.97 Å². The van der Waals surface area contributed by atoms with Gasteiger partial charge >= 0.3 is 5.97 Å². The van der Waals surface area contributed by atoms with Gasteiger partial charge in [0, 0.05) is 22.7 Å². The highest BCUT2D eigenvalue weighted by molar-refractivity contribution is 7.17. The van der Waals surface area contributed by atoms with E-state index in [1.54, 1.807) is 14.0 Å². The predicted molar refractivity (Wildman–Crippen MR) is 109 cm³/mol. The van der Waals surface area contributed by atoms with Crippen LogP contribution in [0, 0.1) is 0 Å². The number of carbonyl (C=O) groups excluding carboxylic acids is 1. The van der Waals surface area contributed by atoms with Gasteiger partial charge in [-0.25, -0.2) is 9.78 Å². The molecule has 0 fully saturated rings. The lowest BCUT2D eigenvalue weighted by Crippen LogP contribution is -2.06. The van der Waals surface area contributed by atoms with Gasteiger partial charge in [0.15, 0.2) is 0 Å². The minimum atomic E-state index is -0.413. The van der Waals surface area contributed by atoms with Crippen molar-refractivity contribution in [2.45, 2.75) is 13.5 Å². The van der Waals surface area contributed by atoms with Crippen LogP contribution in [0.4, 0.5) is 5.82 Å². The number of aromatic nitrogens is 5. The molecule has 29 heavy (non-hydrogen) atoms. The molecule has 0 spiro atoms. The number of nitrogen functional groups attached to an aromatic ring is 1. The van der Waals surface area contributed by atoms with Crippen molar-refractivity contribution in [2.75, 3.05) is 12.3 Å². The van der Waals surface area contributed by atoms with Gasteiger partial charge in [-0.1, -0.05) is 12.1 Å². The Labute approximate surface area is 170 Å². The smallest absolute Gasteiger partial charge is 0.341 e. The van der Waals surface area contributed by atoms with Crippen molar-refractivity contribution in [1.82, 2.24) is 25.2 Å². The molecule has 4 rings (SSSR count). The quantitative estimate of drug-likeness (QED) is 0.482. The number of carbonyl (C=O) groups is 1. The average Bonchev–Trinajstić information content (AvgIpc) is 3.34. The molecule has 0 unspecified atom stereocenters. The van der Waals surface area contributed by atoms with Crippen LogP contribution in [-0.4, -0.2) is 37.8 Å². The number of tetrazole rings is 1. The van der Waals surface area contributed by atoms with Crippen LogP contribution in [0.2, 0.25) is 0 Å². The maximum Gasteiger partial charge on any atom is 0.341 e. The van der Waals surface area contributed by atoms with Gasteiger partial charge in [-0.05, 0) is 29.6 Å². The van der Waals surface area contributed by atoms with E-state index in [9.17, 15) is 4.79 Å². The Kier molecular flexibility index (Phi) is 5.09. The first kappa shape index (κ1) is 18.8. The number of thiophene rings is 1. The number of pyridine rings is 1. The van der Waals surface area contributed by atoms with Gasteiger partial charge in [0.1, 0.15) is 18.2 Å². The fourth-order valence-electron chi connectivity index (χ4n) is 2.88. The Balaban J connectivity index is 1.59. The second kappa shape index (κ2) is 7.84. The fourth-order valence-corrected chi connectivity index (χ4v) is 3.94. The molecule has 3 heterocycles. The number of fused-ring (bicyclic) bond motifs is 1. The summed E-state index contributed by atoms with van der Waals surface area (Å²) < 4.78 is 11.8. The Morgan fingerprint density at radius 2 is 2.21 bits per heavy atom. The van der Waals surface area contributed by atoms with Crippen molar-refractivity contribution < 1.29 is 14.3 Å². The van der Waals surface area contributed by atoms with E-state index in [2.05, 4.69) is 20.4 Å². The number of hydrogen-bond donors (Lipinski definition) is 1. The van der Waals surface area contributed by atoms with Crippen molar-refractivity contribution in [3.63, 3.8) is 0 Å². The van der Waals surface area contributed by atoms with Crippen LogP contribution in [-0.2, 0) is 18.4 Å². The van der Waals surface area contributed by atoms with Gasteiger partial charge in [0.2, 0.25) is 5.82 Å². The van der Waals surface area contributed by atoms with E-state index in [4.69, 9.17) is 15.2 Å². The molecule has 148 valence electrons. The first-order chi connectivity index (χ1) is 14.1. The van der Waals surface area contributed by atoms with Gasteiger partial charge in [0.05, 0.1) is 23.9 Å². The molecule has 0 saturated carbocycles. The summed E-state index contributed by atoms with van der Waals surface area (Å²) in [6.07, 6.45) is 1.45. The molecule has 2 N–H and O–H groups in total. The zero-order valence-corrected chi connectivity index (χ0v) is 16.6.